The molecule has 0 saturated heterocycles. The van der Waals surface area contributed by atoms with Crippen molar-refractivity contribution in [3.63, 3.8) is 0 Å². The van der Waals surface area contributed by atoms with E-state index in [1.165, 1.54) is 0 Å². The Hall–Kier alpha value is -3.86. The van der Waals surface area contributed by atoms with Crippen molar-refractivity contribution in [1.82, 2.24) is 15.2 Å². The summed E-state index contributed by atoms with van der Waals surface area (Å²) in [5.74, 6) is -0.249. The molecule has 0 spiro atoms. The van der Waals surface area contributed by atoms with Gasteiger partial charge >= 0.3 is 0 Å². The van der Waals surface area contributed by atoms with E-state index in [0.29, 0.717) is 12.1 Å². The highest BCUT2D eigenvalue weighted by atomic mass is 16.2. The number of nitrogens with zero attached hydrogens (tertiary/aromatic N) is 1. The molecule has 2 N–H and O–H groups in total. The fraction of sp³-hybridized carbons (Fsp3) is 0.185. The third kappa shape index (κ3) is 3.36. The maximum atomic E-state index is 13.4. The summed E-state index contributed by atoms with van der Waals surface area (Å²) in [6, 6.07) is 25.6. The second kappa shape index (κ2) is 8.35. The number of fused-ring (bicyclic) bond motifs is 2. The summed E-state index contributed by atoms with van der Waals surface area (Å²) in [6.07, 6.45) is 0.851. The third-order valence-corrected chi connectivity index (χ3v) is 6.03. The van der Waals surface area contributed by atoms with Crippen LogP contribution in [0.25, 0.3) is 22.2 Å². The average molecular weight is 424 g/mol. The van der Waals surface area contributed by atoms with Crippen molar-refractivity contribution in [2.24, 2.45) is 0 Å². The van der Waals surface area contributed by atoms with Gasteiger partial charge in [-0.05, 0) is 29.7 Å². The highest BCUT2D eigenvalue weighted by Gasteiger charge is 2.40. The van der Waals surface area contributed by atoms with Crippen molar-refractivity contribution in [2.45, 2.75) is 19.4 Å². The molecule has 160 valence electrons. The highest BCUT2D eigenvalue weighted by molar-refractivity contribution is 6.03. The lowest BCUT2D eigenvalue weighted by Gasteiger charge is -2.26. The molecular weight excluding hydrogens is 398 g/mol. The van der Waals surface area contributed by atoms with Gasteiger partial charge in [0.1, 0.15) is 6.54 Å². The number of para-hydroxylation sites is 1. The largest absolute Gasteiger partial charge is 0.355 e. The van der Waals surface area contributed by atoms with Crippen LogP contribution in [0.1, 0.15) is 40.9 Å². The molecule has 0 radical (unpaired) electrons. The Morgan fingerprint density at radius 2 is 1.69 bits per heavy atom. The number of hydrogen-bond donors (Lipinski definition) is 2. The van der Waals surface area contributed by atoms with E-state index in [4.69, 9.17) is 0 Å². The van der Waals surface area contributed by atoms with Crippen molar-refractivity contribution in [1.29, 1.82) is 0 Å². The Morgan fingerprint density at radius 1 is 0.969 bits per heavy atom. The molecule has 0 fully saturated rings. The Bertz CT molecular complexity index is 1290. The molecule has 5 nitrogen and oxygen atoms in total. The molecule has 2 amide bonds. The van der Waals surface area contributed by atoms with Crippen LogP contribution >= 0.6 is 0 Å². The number of amides is 2. The lowest BCUT2D eigenvalue weighted by molar-refractivity contribution is -0.122. The second-order valence-corrected chi connectivity index (χ2v) is 8.10. The molecule has 0 unspecified atom stereocenters. The number of aromatic amines is 1. The van der Waals surface area contributed by atoms with E-state index in [2.05, 4.69) is 28.5 Å². The van der Waals surface area contributed by atoms with Gasteiger partial charge in [0.25, 0.3) is 5.91 Å². The van der Waals surface area contributed by atoms with Gasteiger partial charge in [-0.25, -0.2) is 0 Å². The monoisotopic (exact) mass is 423 g/mol. The number of hydrogen-bond acceptors (Lipinski definition) is 2. The van der Waals surface area contributed by atoms with Crippen molar-refractivity contribution in [2.75, 3.05) is 13.1 Å². The smallest absolute Gasteiger partial charge is 0.255 e. The average Bonchev–Trinajstić information content (AvgIpc) is 3.34. The summed E-state index contributed by atoms with van der Waals surface area (Å²) in [7, 11) is 0. The van der Waals surface area contributed by atoms with E-state index in [1.54, 1.807) is 4.90 Å². The molecule has 1 aromatic heterocycles. The van der Waals surface area contributed by atoms with E-state index in [9.17, 15) is 9.59 Å². The molecule has 3 aromatic carbocycles. The maximum absolute atomic E-state index is 13.4. The number of benzene rings is 3. The first-order chi connectivity index (χ1) is 15.7. The first-order valence-electron chi connectivity index (χ1n) is 11.0. The van der Waals surface area contributed by atoms with Crippen LogP contribution in [0.3, 0.4) is 0 Å². The van der Waals surface area contributed by atoms with Gasteiger partial charge in [0.05, 0.1) is 11.7 Å². The Kier molecular flexibility index (Phi) is 5.23. The lowest BCUT2D eigenvalue weighted by atomic mass is 9.93. The minimum Gasteiger partial charge on any atom is -0.355 e. The van der Waals surface area contributed by atoms with Gasteiger partial charge in [-0.1, -0.05) is 73.7 Å². The predicted molar refractivity (Wildman–Crippen MR) is 126 cm³/mol. The zero-order valence-electron chi connectivity index (χ0n) is 18.0. The van der Waals surface area contributed by atoms with Gasteiger partial charge in [-0.2, -0.15) is 0 Å². The zero-order valence-corrected chi connectivity index (χ0v) is 18.0. The predicted octanol–water partition coefficient (Wildman–Crippen LogP) is 4.91. The van der Waals surface area contributed by atoms with Crippen LogP contribution in [-0.2, 0) is 4.79 Å². The fourth-order valence-corrected chi connectivity index (χ4v) is 4.60. The second-order valence-electron chi connectivity index (χ2n) is 8.10. The van der Waals surface area contributed by atoms with E-state index < -0.39 is 0 Å². The first kappa shape index (κ1) is 20.1. The van der Waals surface area contributed by atoms with Crippen molar-refractivity contribution in [3.8, 4) is 11.3 Å². The summed E-state index contributed by atoms with van der Waals surface area (Å²) in [5, 5.41) is 3.97. The molecular formula is C27H25N3O2. The van der Waals surface area contributed by atoms with Crippen molar-refractivity contribution in [3.05, 3.63) is 95.6 Å². The summed E-state index contributed by atoms with van der Waals surface area (Å²) in [4.78, 5) is 31.4. The summed E-state index contributed by atoms with van der Waals surface area (Å²) < 4.78 is 0. The molecule has 1 atom stereocenters. The van der Waals surface area contributed by atoms with E-state index in [1.807, 2.05) is 67.6 Å². The summed E-state index contributed by atoms with van der Waals surface area (Å²) >= 11 is 0. The fourth-order valence-electron chi connectivity index (χ4n) is 4.60. The zero-order chi connectivity index (χ0) is 22.1. The standard InChI is InChI=1S/C27H25N3O2/c1-2-16-28-23(31)17-30-26(19-12-6-7-13-20(19)27(30)32)24-21-14-8-9-15-22(21)29-25(24)18-10-4-3-5-11-18/h3-15,26,29H,2,16-17H2,1H3,(H,28,31)/t26-/m0/s1. The van der Waals surface area contributed by atoms with Crippen molar-refractivity contribution < 1.29 is 9.59 Å². The first-order valence-corrected chi connectivity index (χ1v) is 11.0. The van der Waals surface area contributed by atoms with Crippen LogP contribution in [0.15, 0.2) is 78.9 Å². The lowest BCUT2D eigenvalue weighted by Crippen LogP contribution is -2.39. The van der Waals surface area contributed by atoms with Crippen LogP contribution in [0.4, 0.5) is 0 Å². The number of H-pyrrole nitrogens is 1. The number of carbonyl (C=O) groups is 2. The third-order valence-electron chi connectivity index (χ3n) is 6.03. The quantitative estimate of drug-likeness (QED) is 0.463. The molecule has 5 rings (SSSR count). The molecule has 5 heteroatoms. The van der Waals surface area contributed by atoms with E-state index in [-0.39, 0.29) is 24.4 Å². The number of nitrogens with one attached hydrogen (secondary N) is 2. The molecule has 0 bridgehead atoms. The van der Waals surface area contributed by atoms with Crippen molar-refractivity contribution >= 4 is 22.7 Å². The van der Waals surface area contributed by atoms with Gasteiger partial charge in [0.2, 0.25) is 5.91 Å². The van der Waals surface area contributed by atoms with Gasteiger partial charge in [0.15, 0.2) is 0 Å². The minimum atomic E-state index is -0.350. The number of rotatable bonds is 6. The Labute approximate surface area is 187 Å². The van der Waals surface area contributed by atoms with Gasteiger partial charge in [-0.15, -0.1) is 0 Å². The molecule has 0 aliphatic carbocycles. The summed E-state index contributed by atoms with van der Waals surface area (Å²) in [5.41, 5.74) is 5.64. The molecule has 1 aliphatic heterocycles. The van der Waals surface area contributed by atoms with Crippen LogP contribution in [0.5, 0.6) is 0 Å². The van der Waals surface area contributed by atoms with Crippen LogP contribution in [0, 0.1) is 0 Å². The van der Waals surface area contributed by atoms with Crippen LogP contribution in [0.2, 0.25) is 0 Å². The van der Waals surface area contributed by atoms with Gasteiger partial charge < -0.3 is 15.2 Å². The summed E-state index contributed by atoms with van der Waals surface area (Å²) in [6.45, 7) is 2.63. The SMILES string of the molecule is CCCNC(=O)CN1C(=O)c2ccccc2[C@H]1c1c(-c2ccccc2)[nH]c2ccccc12. The van der Waals surface area contributed by atoms with E-state index in [0.717, 1.165) is 39.7 Å². The molecule has 32 heavy (non-hydrogen) atoms. The van der Waals surface area contributed by atoms with Gasteiger partial charge in [-0.3, -0.25) is 9.59 Å². The van der Waals surface area contributed by atoms with E-state index >= 15 is 0 Å². The van der Waals surface area contributed by atoms with Crippen LogP contribution < -0.4 is 5.32 Å². The number of aromatic nitrogens is 1. The van der Waals surface area contributed by atoms with Gasteiger partial charge in [0, 0.05) is 28.6 Å². The Morgan fingerprint density at radius 3 is 2.50 bits per heavy atom. The molecule has 2 heterocycles. The molecule has 1 aliphatic rings. The Balaban J connectivity index is 1.71. The normalized spacial score (nSPS) is 15.2. The minimum absolute atomic E-state index is 0.0198. The molecule has 4 aromatic rings. The van der Waals surface area contributed by atoms with Crippen LogP contribution in [-0.4, -0.2) is 34.8 Å². The maximum Gasteiger partial charge on any atom is 0.255 e. The topological polar surface area (TPSA) is 65.2 Å². The molecule has 0 saturated carbocycles. The number of carbonyl (C=O) groups excluding carboxylic acids is 2. The highest BCUT2D eigenvalue weighted by Crippen LogP contribution is 2.45.